The zero-order chi connectivity index (χ0) is 19.8. The number of carbonyl (C=O) groups excluding carboxylic acids is 1. The van der Waals surface area contributed by atoms with Gasteiger partial charge in [0, 0.05) is 29.7 Å². The lowest BCUT2D eigenvalue weighted by atomic mass is 10.1. The number of ether oxygens (including phenoxy) is 1. The molecule has 0 atom stereocenters. The Kier molecular flexibility index (Phi) is 6.81. The molecule has 0 aliphatic carbocycles. The van der Waals surface area contributed by atoms with E-state index in [-0.39, 0.29) is 5.91 Å². The van der Waals surface area contributed by atoms with Gasteiger partial charge in [0.2, 0.25) is 0 Å². The van der Waals surface area contributed by atoms with Crippen molar-refractivity contribution in [3.8, 4) is 5.75 Å². The van der Waals surface area contributed by atoms with Crippen molar-refractivity contribution in [2.45, 2.75) is 13.0 Å². The smallest absolute Gasteiger partial charge is 0.270 e. The van der Waals surface area contributed by atoms with Crippen LogP contribution in [0, 0.1) is 0 Å². The van der Waals surface area contributed by atoms with E-state index in [1.807, 2.05) is 48.5 Å². The molecule has 3 rings (SSSR count). The molecular formula is C21H21ClN4O2. The minimum Gasteiger partial charge on any atom is -0.496 e. The molecule has 0 aliphatic rings. The fourth-order valence-electron chi connectivity index (χ4n) is 2.67. The first kappa shape index (κ1) is 19.6. The Hall–Kier alpha value is -3.12. The van der Waals surface area contributed by atoms with Gasteiger partial charge in [0.05, 0.1) is 7.11 Å². The first-order chi connectivity index (χ1) is 13.7. The Labute approximate surface area is 168 Å². The first-order valence-electron chi connectivity index (χ1n) is 8.86. The predicted molar refractivity (Wildman–Crippen MR) is 110 cm³/mol. The number of amides is 1. The number of nitrogens with zero attached hydrogens (tertiary/aromatic N) is 2. The van der Waals surface area contributed by atoms with Gasteiger partial charge in [-0.05, 0) is 30.2 Å². The van der Waals surface area contributed by atoms with Crippen LogP contribution in [0.1, 0.15) is 21.6 Å². The zero-order valence-corrected chi connectivity index (χ0v) is 16.2. The molecule has 1 heterocycles. The Bertz CT molecular complexity index is 932. The fraction of sp³-hybridized carbons (Fsp3) is 0.190. The van der Waals surface area contributed by atoms with E-state index in [0.29, 0.717) is 36.0 Å². The lowest BCUT2D eigenvalue weighted by Gasteiger charge is -2.10. The summed E-state index contributed by atoms with van der Waals surface area (Å²) in [4.78, 5) is 20.6. The molecule has 0 spiro atoms. The third kappa shape index (κ3) is 5.44. The second-order valence-corrected chi connectivity index (χ2v) is 6.52. The third-order valence-electron chi connectivity index (χ3n) is 4.16. The number of halogens is 1. The molecule has 7 heteroatoms. The van der Waals surface area contributed by atoms with Crippen LogP contribution >= 0.6 is 11.6 Å². The molecule has 2 aromatic carbocycles. The predicted octanol–water partition coefficient (Wildman–Crippen LogP) is 3.72. The van der Waals surface area contributed by atoms with E-state index in [2.05, 4.69) is 20.6 Å². The highest BCUT2D eigenvalue weighted by molar-refractivity contribution is 6.30. The summed E-state index contributed by atoms with van der Waals surface area (Å²) in [7, 11) is 1.63. The average molecular weight is 397 g/mol. The summed E-state index contributed by atoms with van der Waals surface area (Å²) in [5.41, 5.74) is 2.41. The summed E-state index contributed by atoms with van der Waals surface area (Å²) >= 11 is 5.88. The van der Waals surface area contributed by atoms with E-state index in [9.17, 15) is 4.79 Å². The molecule has 0 saturated heterocycles. The largest absolute Gasteiger partial charge is 0.496 e. The van der Waals surface area contributed by atoms with Gasteiger partial charge >= 0.3 is 0 Å². The van der Waals surface area contributed by atoms with Crippen LogP contribution in [0.2, 0.25) is 5.02 Å². The van der Waals surface area contributed by atoms with Gasteiger partial charge in [-0.3, -0.25) is 4.79 Å². The molecule has 0 radical (unpaired) electrons. The van der Waals surface area contributed by atoms with Crippen LogP contribution in [-0.2, 0) is 13.0 Å². The molecule has 6 nitrogen and oxygen atoms in total. The third-order valence-corrected chi connectivity index (χ3v) is 4.42. The standard InChI is InChI=1S/C21H21ClN4O2/c1-28-19-5-3-2-4-16(19)13-24-20-12-18(25-14-26-20)21(27)23-11-10-15-6-8-17(22)9-7-15/h2-9,12,14H,10-11,13H2,1H3,(H,23,27)(H,24,25,26). The number of aromatic nitrogens is 2. The molecule has 0 unspecified atom stereocenters. The maximum Gasteiger partial charge on any atom is 0.270 e. The van der Waals surface area contributed by atoms with Gasteiger partial charge < -0.3 is 15.4 Å². The maximum absolute atomic E-state index is 12.3. The summed E-state index contributed by atoms with van der Waals surface area (Å²) in [5, 5.41) is 6.76. The SMILES string of the molecule is COc1ccccc1CNc1cc(C(=O)NCCc2ccc(Cl)cc2)ncn1. The van der Waals surface area contributed by atoms with Crippen molar-refractivity contribution in [3.05, 3.63) is 82.8 Å². The normalized spacial score (nSPS) is 10.4. The van der Waals surface area contributed by atoms with Crippen molar-refractivity contribution in [1.82, 2.24) is 15.3 Å². The van der Waals surface area contributed by atoms with E-state index < -0.39 is 0 Å². The number of methoxy groups -OCH3 is 1. The Morgan fingerprint density at radius 3 is 2.68 bits per heavy atom. The summed E-state index contributed by atoms with van der Waals surface area (Å²) in [6.07, 6.45) is 2.09. The molecule has 144 valence electrons. The van der Waals surface area contributed by atoms with Gasteiger partial charge in [-0.2, -0.15) is 0 Å². The highest BCUT2D eigenvalue weighted by Gasteiger charge is 2.09. The Morgan fingerprint density at radius 1 is 1.11 bits per heavy atom. The van der Waals surface area contributed by atoms with Crippen LogP contribution in [0.3, 0.4) is 0 Å². The van der Waals surface area contributed by atoms with Gasteiger partial charge in [0.1, 0.15) is 23.6 Å². The molecule has 3 aromatic rings. The van der Waals surface area contributed by atoms with Crippen molar-refractivity contribution in [1.29, 1.82) is 0 Å². The number of rotatable bonds is 8. The first-order valence-corrected chi connectivity index (χ1v) is 9.24. The van der Waals surface area contributed by atoms with Crippen LogP contribution in [0.5, 0.6) is 5.75 Å². The number of nitrogens with one attached hydrogen (secondary N) is 2. The van der Waals surface area contributed by atoms with Crippen LogP contribution in [-0.4, -0.2) is 29.5 Å². The van der Waals surface area contributed by atoms with Crippen molar-refractivity contribution >= 4 is 23.3 Å². The summed E-state index contributed by atoms with van der Waals surface area (Å²) in [6.45, 7) is 1.03. The van der Waals surface area contributed by atoms with Gasteiger partial charge in [0.25, 0.3) is 5.91 Å². The lowest BCUT2D eigenvalue weighted by molar-refractivity contribution is 0.0949. The van der Waals surface area contributed by atoms with Gasteiger partial charge in [0.15, 0.2) is 0 Å². The molecule has 28 heavy (non-hydrogen) atoms. The number of para-hydroxylation sites is 1. The Balaban J connectivity index is 1.54. The summed E-state index contributed by atoms with van der Waals surface area (Å²) < 4.78 is 5.34. The van der Waals surface area contributed by atoms with E-state index in [4.69, 9.17) is 16.3 Å². The molecule has 0 aliphatic heterocycles. The second-order valence-electron chi connectivity index (χ2n) is 6.09. The number of hydrogen-bond acceptors (Lipinski definition) is 5. The molecule has 2 N–H and O–H groups in total. The van der Waals surface area contributed by atoms with Crippen molar-refractivity contribution in [2.75, 3.05) is 19.0 Å². The zero-order valence-electron chi connectivity index (χ0n) is 15.5. The number of benzene rings is 2. The van der Waals surface area contributed by atoms with Crippen LogP contribution in [0.15, 0.2) is 60.9 Å². The summed E-state index contributed by atoms with van der Waals surface area (Å²) in [5.74, 6) is 1.13. The molecule has 0 fully saturated rings. The van der Waals surface area contributed by atoms with Gasteiger partial charge in [-0.1, -0.05) is 41.9 Å². The lowest BCUT2D eigenvalue weighted by Crippen LogP contribution is -2.26. The highest BCUT2D eigenvalue weighted by Crippen LogP contribution is 2.18. The molecule has 0 bridgehead atoms. The Morgan fingerprint density at radius 2 is 1.89 bits per heavy atom. The molecule has 1 aromatic heterocycles. The summed E-state index contributed by atoms with van der Waals surface area (Å²) in [6, 6.07) is 16.9. The fourth-order valence-corrected chi connectivity index (χ4v) is 2.80. The minimum atomic E-state index is -0.239. The van der Waals surface area contributed by atoms with Gasteiger partial charge in [-0.15, -0.1) is 0 Å². The van der Waals surface area contributed by atoms with Crippen molar-refractivity contribution < 1.29 is 9.53 Å². The molecule has 1 amide bonds. The van der Waals surface area contributed by atoms with Gasteiger partial charge in [-0.25, -0.2) is 9.97 Å². The van der Waals surface area contributed by atoms with Crippen molar-refractivity contribution in [2.24, 2.45) is 0 Å². The highest BCUT2D eigenvalue weighted by atomic mass is 35.5. The number of hydrogen-bond donors (Lipinski definition) is 2. The molecular weight excluding hydrogens is 376 g/mol. The van der Waals surface area contributed by atoms with Crippen molar-refractivity contribution in [3.63, 3.8) is 0 Å². The van der Waals surface area contributed by atoms with Crippen LogP contribution < -0.4 is 15.4 Å². The number of anilines is 1. The topological polar surface area (TPSA) is 76.1 Å². The van der Waals surface area contributed by atoms with Crippen LogP contribution in [0.4, 0.5) is 5.82 Å². The molecule has 0 saturated carbocycles. The van der Waals surface area contributed by atoms with E-state index >= 15 is 0 Å². The number of carbonyl (C=O) groups is 1. The van der Waals surface area contributed by atoms with E-state index in [0.717, 1.165) is 16.9 Å². The van der Waals surface area contributed by atoms with E-state index in [1.165, 1.54) is 6.33 Å². The van der Waals surface area contributed by atoms with E-state index in [1.54, 1.807) is 13.2 Å². The average Bonchev–Trinajstić information content (AvgIpc) is 2.74. The quantitative estimate of drug-likeness (QED) is 0.606. The monoisotopic (exact) mass is 396 g/mol. The minimum absolute atomic E-state index is 0.239. The maximum atomic E-state index is 12.3. The second kappa shape index (κ2) is 9.71. The van der Waals surface area contributed by atoms with Crippen LogP contribution in [0.25, 0.3) is 0 Å².